The maximum atomic E-state index is 12.9. The summed E-state index contributed by atoms with van der Waals surface area (Å²) >= 11 is 3.41. The van der Waals surface area contributed by atoms with Gasteiger partial charge in [-0.25, -0.2) is 0 Å². The number of anilines is 1. The Morgan fingerprint density at radius 1 is 1.21 bits per heavy atom. The lowest BCUT2D eigenvalue weighted by molar-refractivity contribution is -0.681. The molecule has 4 rings (SSSR count). The summed E-state index contributed by atoms with van der Waals surface area (Å²) in [5.74, 6) is -0.204. The van der Waals surface area contributed by atoms with Crippen LogP contribution in [0, 0.1) is 10.8 Å². The SMILES string of the molecule is C[C@]12C[NH2+]C[C@](C)(CN([C@]3(O)C(=O)Nc4ccc(Br)cc43)C1)C2=O. The molecule has 6 nitrogen and oxygen atoms in total. The first-order chi connectivity index (χ1) is 11.2. The highest BCUT2D eigenvalue weighted by Gasteiger charge is 2.62. The molecular formula is C17H21BrN3O3+. The number of likely N-dealkylation sites (tertiary alicyclic amines) is 1. The lowest BCUT2D eigenvalue weighted by atomic mass is 9.64. The normalized spacial score (nSPS) is 38.8. The van der Waals surface area contributed by atoms with Crippen LogP contribution in [0.3, 0.4) is 0 Å². The molecule has 0 unspecified atom stereocenters. The fourth-order valence-electron chi connectivity index (χ4n) is 4.58. The number of nitrogens with zero attached hydrogens (tertiary/aromatic N) is 1. The molecule has 4 N–H and O–H groups in total. The molecule has 2 saturated heterocycles. The van der Waals surface area contributed by atoms with E-state index in [4.69, 9.17) is 0 Å². The van der Waals surface area contributed by atoms with Gasteiger partial charge in [-0.05, 0) is 32.0 Å². The smallest absolute Gasteiger partial charge is 0.276 e. The number of ketones is 1. The number of hydrogen-bond acceptors (Lipinski definition) is 4. The molecule has 2 bridgehead atoms. The average molecular weight is 395 g/mol. The Labute approximate surface area is 148 Å². The standard InChI is InChI=1S/C17H20BrN3O3/c1-15-6-19-7-16(2,13(15)22)9-21(8-15)17(24)11-5-10(18)3-4-12(11)20-14(17)23/h3-5,19,24H,6-9H2,1-2H3,(H,20,23)/p+1/t15-,16+,17-/m1/s1. The Hall–Kier alpha value is -1.28. The number of fused-ring (bicyclic) bond motifs is 3. The lowest BCUT2D eigenvalue weighted by Crippen LogP contribution is -2.96. The molecule has 7 heteroatoms. The lowest BCUT2D eigenvalue weighted by Gasteiger charge is -2.52. The second-order valence-corrected chi connectivity index (χ2v) is 8.74. The third kappa shape index (κ3) is 1.98. The van der Waals surface area contributed by atoms with Gasteiger partial charge in [-0.2, -0.15) is 0 Å². The fourth-order valence-corrected chi connectivity index (χ4v) is 4.94. The number of benzene rings is 1. The number of carbonyl (C=O) groups is 2. The number of rotatable bonds is 1. The number of Topliss-reactive ketones (excluding diaryl/α,β-unsaturated/α-hetero) is 1. The summed E-state index contributed by atoms with van der Waals surface area (Å²) in [6.07, 6.45) is 0. The van der Waals surface area contributed by atoms with Crippen LogP contribution < -0.4 is 10.6 Å². The van der Waals surface area contributed by atoms with Crippen LogP contribution in [0.25, 0.3) is 0 Å². The molecule has 1 aromatic carbocycles. The summed E-state index contributed by atoms with van der Waals surface area (Å²) in [7, 11) is 0. The number of hydrogen-bond donors (Lipinski definition) is 3. The van der Waals surface area contributed by atoms with E-state index in [-0.39, 0.29) is 5.78 Å². The maximum absolute atomic E-state index is 12.9. The topological polar surface area (TPSA) is 86.2 Å². The van der Waals surface area contributed by atoms with Crippen molar-refractivity contribution >= 4 is 33.3 Å². The summed E-state index contributed by atoms with van der Waals surface area (Å²) in [4.78, 5) is 27.3. The Morgan fingerprint density at radius 3 is 2.46 bits per heavy atom. The molecule has 24 heavy (non-hydrogen) atoms. The molecular weight excluding hydrogens is 374 g/mol. The molecule has 1 amide bonds. The number of amides is 1. The Kier molecular flexibility index (Phi) is 3.29. The highest BCUT2D eigenvalue weighted by atomic mass is 79.9. The Bertz CT molecular complexity index is 747. The minimum absolute atomic E-state index is 0.241. The van der Waals surface area contributed by atoms with Gasteiger partial charge in [-0.15, -0.1) is 0 Å². The zero-order valence-electron chi connectivity index (χ0n) is 13.7. The van der Waals surface area contributed by atoms with Gasteiger partial charge >= 0.3 is 0 Å². The average Bonchev–Trinajstić information content (AvgIpc) is 2.75. The molecule has 1 aromatic rings. The van der Waals surface area contributed by atoms with Crippen LogP contribution in [-0.4, -0.2) is 47.9 Å². The number of piperidine rings is 2. The first-order valence-corrected chi connectivity index (χ1v) is 8.94. The van der Waals surface area contributed by atoms with E-state index in [1.54, 1.807) is 17.0 Å². The van der Waals surface area contributed by atoms with Crippen molar-refractivity contribution in [3.63, 3.8) is 0 Å². The summed E-state index contributed by atoms with van der Waals surface area (Å²) < 4.78 is 0.801. The van der Waals surface area contributed by atoms with Gasteiger partial charge in [0.2, 0.25) is 5.72 Å². The molecule has 0 radical (unpaired) electrons. The molecule has 3 aliphatic heterocycles. The van der Waals surface area contributed by atoms with E-state index in [1.165, 1.54) is 0 Å². The zero-order valence-corrected chi connectivity index (χ0v) is 15.3. The minimum atomic E-state index is -1.74. The second kappa shape index (κ2) is 4.88. The van der Waals surface area contributed by atoms with Gasteiger partial charge in [0.1, 0.15) is 0 Å². The van der Waals surface area contributed by atoms with Gasteiger partial charge in [0.15, 0.2) is 5.78 Å². The largest absolute Gasteiger partial charge is 0.364 e. The third-order valence-electron chi connectivity index (χ3n) is 5.75. The van der Waals surface area contributed by atoms with E-state index in [2.05, 4.69) is 26.6 Å². The Morgan fingerprint density at radius 2 is 1.83 bits per heavy atom. The Balaban J connectivity index is 1.81. The molecule has 0 aromatic heterocycles. The highest BCUT2D eigenvalue weighted by Crippen LogP contribution is 2.46. The van der Waals surface area contributed by atoms with Crippen LogP contribution in [0.2, 0.25) is 0 Å². The van der Waals surface area contributed by atoms with Crippen molar-refractivity contribution in [3.05, 3.63) is 28.2 Å². The van der Waals surface area contributed by atoms with Gasteiger partial charge in [0, 0.05) is 28.8 Å². The highest BCUT2D eigenvalue weighted by molar-refractivity contribution is 9.10. The van der Waals surface area contributed by atoms with Gasteiger partial charge in [-0.3, -0.25) is 14.5 Å². The molecule has 2 fully saturated rings. The van der Waals surface area contributed by atoms with Crippen LogP contribution in [0.1, 0.15) is 19.4 Å². The van der Waals surface area contributed by atoms with E-state index < -0.39 is 22.5 Å². The van der Waals surface area contributed by atoms with E-state index in [0.717, 1.165) is 4.47 Å². The van der Waals surface area contributed by atoms with E-state index in [9.17, 15) is 14.7 Å². The molecule has 0 aliphatic carbocycles. The minimum Gasteiger partial charge on any atom is -0.364 e. The van der Waals surface area contributed by atoms with Crippen molar-refractivity contribution in [2.45, 2.75) is 19.6 Å². The van der Waals surface area contributed by atoms with Crippen molar-refractivity contribution in [2.75, 3.05) is 31.5 Å². The van der Waals surface area contributed by atoms with Crippen molar-refractivity contribution in [1.82, 2.24) is 4.90 Å². The van der Waals surface area contributed by atoms with Crippen molar-refractivity contribution in [1.29, 1.82) is 0 Å². The molecule has 128 valence electrons. The second-order valence-electron chi connectivity index (χ2n) is 7.82. The van der Waals surface area contributed by atoms with Gasteiger partial charge in [0.25, 0.3) is 5.91 Å². The van der Waals surface area contributed by atoms with Crippen LogP contribution in [0.5, 0.6) is 0 Å². The molecule has 0 spiro atoms. The van der Waals surface area contributed by atoms with Crippen LogP contribution in [0.15, 0.2) is 22.7 Å². The van der Waals surface area contributed by atoms with Crippen LogP contribution in [-0.2, 0) is 15.3 Å². The van der Waals surface area contributed by atoms with Gasteiger partial charge in [0.05, 0.1) is 23.9 Å². The van der Waals surface area contributed by atoms with E-state index in [1.807, 2.05) is 19.9 Å². The summed E-state index contributed by atoms with van der Waals surface area (Å²) in [6, 6.07) is 5.38. The number of nitrogens with one attached hydrogen (secondary N) is 1. The molecule has 3 aliphatic rings. The first kappa shape index (κ1) is 16.2. The molecule has 0 saturated carbocycles. The van der Waals surface area contributed by atoms with Crippen LogP contribution in [0.4, 0.5) is 5.69 Å². The number of aliphatic hydroxyl groups is 1. The van der Waals surface area contributed by atoms with Crippen molar-refractivity contribution in [2.24, 2.45) is 10.8 Å². The van der Waals surface area contributed by atoms with Crippen molar-refractivity contribution in [3.8, 4) is 0 Å². The number of carbonyl (C=O) groups excluding carboxylic acids is 2. The summed E-state index contributed by atoms with van der Waals surface area (Å²) in [5.41, 5.74) is -1.69. The number of nitrogens with two attached hydrogens (primary N) is 1. The maximum Gasteiger partial charge on any atom is 0.276 e. The predicted molar refractivity (Wildman–Crippen MR) is 91.1 cm³/mol. The van der Waals surface area contributed by atoms with Gasteiger partial charge < -0.3 is 15.7 Å². The fraction of sp³-hybridized carbons (Fsp3) is 0.529. The third-order valence-corrected chi connectivity index (χ3v) is 6.24. The zero-order chi connectivity index (χ0) is 17.3. The van der Waals surface area contributed by atoms with Gasteiger partial charge in [-0.1, -0.05) is 15.9 Å². The van der Waals surface area contributed by atoms with Crippen LogP contribution >= 0.6 is 15.9 Å². The summed E-state index contributed by atoms with van der Waals surface area (Å²) in [5, 5.41) is 16.3. The monoisotopic (exact) mass is 394 g/mol. The van der Waals surface area contributed by atoms with Crippen molar-refractivity contribution < 1.29 is 20.0 Å². The summed E-state index contributed by atoms with van der Waals surface area (Å²) in [6.45, 7) is 5.98. The molecule has 3 atom stereocenters. The quantitative estimate of drug-likeness (QED) is 0.626. The number of halogens is 1. The molecule has 3 heterocycles. The first-order valence-electron chi connectivity index (χ1n) is 8.15. The number of quaternary nitrogens is 1. The van der Waals surface area contributed by atoms with E-state index >= 15 is 0 Å². The van der Waals surface area contributed by atoms with E-state index in [0.29, 0.717) is 37.4 Å². The predicted octanol–water partition coefficient (Wildman–Crippen LogP) is 0.0206.